The highest BCUT2D eigenvalue weighted by atomic mass is 16.5. The van der Waals surface area contributed by atoms with Crippen LogP contribution in [0.3, 0.4) is 0 Å². The summed E-state index contributed by atoms with van der Waals surface area (Å²) in [6.07, 6.45) is 3.32. The van der Waals surface area contributed by atoms with E-state index in [9.17, 15) is 9.90 Å². The number of ether oxygens (including phenoxy) is 2. The number of aromatic nitrogens is 2. The molecule has 1 aliphatic rings. The number of carboxylic acid groups (broad SMARTS) is 1. The highest BCUT2D eigenvalue weighted by Gasteiger charge is 2.38. The minimum absolute atomic E-state index is 0.112. The van der Waals surface area contributed by atoms with E-state index in [0.717, 1.165) is 0 Å². The molecular formula is C11H15N3O4. The lowest BCUT2D eigenvalue weighted by Gasteiger charge is -2.21. The van der Waals surface area contributed by atoms with Crippen LogP contribution < -0.4 is 9.64 Å². The van der Waals surface area contributed by atoms with Gasteiger partial charge in [0, 0.05) is 20.1 Å². The number of methoxy groups -OCH3 is 2. The number of hydrogen-bond acceptors (Lipinski definition) is 6. The van der Waals surface area contributed by atoms with Crippen LogP contribution in [0, 0.1) is 0 Å². The summed E-state index contributed by atoms with van der Waals surface area (Å²) in [5.74, 6) is -0.0435. The molecule has 0 bridgehead atoms. The third kappa shape index (κ3) is 2.35. The molecule has 0 amide bonds. The van der Waals surface area contributed by atoms with Crippen molar-refractivity contribution in [2.75, 3.05) is 25.7 Å². The van der Waals surface area contributed by atoms with Gasteiger partial charge in [0.05, 0.1) is 25.6 Å². The quantitative estimate of drug-likeness (QED) is 0.818. The maximum absolute atomic E-state index is 11.2. The van der Waals surface area contributed by atoms with E-state index in [4.69, 9.17) is 9.47 Å². The SMILES string of the molecule is COc1cncc(N2CC(OC)CC2C(=O)O)n1. The number of carboxylic acids is 1. The van der Waals surface area contributed by atoms with Gasteiger partial charge in [0.15, 0.2) is 5.82 Å². The zero-order valence-electron chi connectivity index (χ0n) is 10.2. The van der Waals surface area contributed by atoms with Crippen molar-refractivity contribution < 1.29 is 19.4 Å². The van der Waals surface area contributed by atoms with Gasteiger partial charge in [0.2, 0.25) is 5.88 Å². The summed E-state index contributed by atoms with van der Waals surface area (Å²) in [6, 6.07) is -0.642. The van der Waals surface area contributed by atoms with Crippen LogP contribution in [0.1, 0.15) is 6.42 Å². The van der Waals surface area contributed by atoms with Gasteiger partial charge in [-0.25, -0.2) is 4.79 Å². The Balaban J connectivity index is 2.26. The van der Waals surface area contributed by atoms with E-state index in [1.807, 2.05) is 0 Å². The standard InChI is InChI=1S/C11H15N3O4/c1-17-7-3-8(11(15)16)14(6-7)9-4-12-5-10(13-9)18-2/h4-5,7-8H,3,6H2,1-2H3,(H,15,16). The van der Waals surface area contributed by atoms with Gasteiger partial charge in [-0.05, 0) is 0 Å². The first kappa shape index (κ1) is 12.6. The van der Waals surface area contributed by atoms with Crippen LogP contribution in [0.5, 0.6) is 5.88 Å². The Kier molecular flexibility index (Phi) is 3.61. The van der Waals surface area contributed by atoms with E-state index < -0.39 is 12.0 Å². The number of anilines is 1. The average Bonchev–Trinajstić information content (AvgIpc) is 2.83. The van der Waals surface area contributed by atoms with Crippen LogP contribution in [0.25, 0.3) is 0 Å². The van der Waals surface area contributed by atoms with Gasteiger partial charge in [-0.15, -0.1) is 0 Å². The maximum Gasteiger partial charge on any atom is 0.326 e. The number of hydrogen-bond donors (Lipinski definition) is 1. The van der Waals surface area contributed by atoms with Gasteiger partial charge in [-0.1, -0.05) is 0 Å². The first-order valence-electron chi connectivity index (χ1n) is 5.54. The van der Waals surface area contributed by atoms with Gasteiger partial charge in [0.1, 0.15) is 6.04 Å². The number of carbonyl (C=O) groups is 1. The second-order valence-electron chi connectivity index (χ2n) is 4.02. The van der Waals surface area contributed by atoms with Gasteiger partial charge in [-0.3, -0.25) is 4.98 Å². The lowest BCUT2D eigenvalue weighted by molar-refractivity contribution is -0.138. The Morgan fingerprint density at radius 1 is 1.50 bits per heavy atom. The minimum atomic E-state index is -0.890. The molecule has 98 valence electrons. The Labute approximate surface area is 104 Å². The summed E-state index contributed by atoms with van der Waals surface area (Å²) in [7, 11) is 3.06. The van der Waals surface area contributed by atoms with E-state index in [2.05, 4.69) is 9.97 Å². The summed E-state index contributed by atoms with van der Waals surface area (Å²) >= 11 is 0. The molecule has 7 heteroatoms. The van der Waals surface area contributed by atoms with E-state index in [1.54, 1.807) is 12.0 Å². The van der Waals surface area contributed by atoms with Crippen molar-refractivity contribution in [3.8, 4) is 5.88 Å². The number of aliphatic carboxylic acids is 1. The fraction of sp³-hybridized carbons (Fsp3) is 0.545. The van der Waals surface area contributed by atoms with Crippen molar-refractivity contribution in [1.82, 2.24) is 9.97 Å². The predicted molar refractivity (Wildman–Crippen MR) is 62.8 cm³/mol. The molecule has 1 saturated heterocycles. The van der Waals surface area contributed by atoms with Crippen molar-refractivity contribution in [3.05, 3.63) is 12.4 Å². The minimum Gasteiger partial charge on any atom is -0.480 e. The van der Waals surface area contributed by atoms with Crippen LogP contribution >= 0.6 is 0 Å². The summed E-state index contributed by atoms with van der Waals surface area (Å²) in [5, 5.41) is 9.21. The van der Waals surface area contributed by atoms with E-state index in [1.165, 1.54) is 19.5 Å². The van der Waals surface area contributed by atoms with Gasteiger partial charge < -0.3 is 19.5 Å². The van der Waals surface area contributed by atoms with Crippen LogP contribution in [0.15, 0.2) is 12.4 Å². The second-order valence-corrected chi connectivity index (χ2v) is 4.02. The van der Waals surface area contributed by atoms with Gasteiger partial charge >= 0.3 is 5.97 Å². The maximum atomic E-state index is 11.2. The highest BCUT2D eigenvalue weighted by Crippen LogP contribution is 2.26. The molecule has 2 heterocycles. The molecule has 1 aliphatic heterocycles. The summed E-state index contributed by atoms with van der Waals surface area (Å²) in [4.78, 5) is 21.1. The molecule has 18 heavy (non-hydrogen) atoms. The molecule has 1 aromatic rings. The van der Waals surface area contributed by atoms with Crippen molar-refractivity contribution >= 4 is 11.8 Å². The molecule has 2 rings (SSSR count). The first-order valence-corrected chi connectivity index (χ1v) is 5.54. The Bertz CT molecular complexity index is 440. The molecule has 1 N–H and O–H groups in total. The van der Waals surface area contributed by atoms with Crippen LogP contribution in [0.2, 0.25) is 0 Å². The molecule has 0 spiro atoms. The van der Waals surface area contributed by atoms with Crippen molar-refractivity contribution in [2.45, 2.75) is 18.6 Å². The van der Waals surface area contributed by atoms with Gasteiger partial charge in [-0.2, -0.15) is 4.98 Å². The third-order valence-electron chi connectivity index (χ3n) is 2.98. The van der Waals surface area contributed by atoms with E-state index in [-0.39, 0.29) is 6.10 Å². The Morgan fingerprint density at radius 2 is 2.28 bits per heavy atom. The molecule has 0 aliphatic carbocycles. The molecule has 1 fully saturated rings. The fourth-order valence-electron chi connectivity index (χ4n) is 2.03. The zero-order valence-corrected chi connectivity index (χ0v) is 10.2. The van der Waals surface area contributed by atoms with Gasteiger partial charge in [0.25, 0.3) is 0 Å². The lowest BCUT2D eigenvalue weighted by Crippen LogP contribution is -2.36. The number of rotatable bonds is 4. The smallest absolute Gasteiger partial charge is 0.326 e. The van der Waals surface area contributed by atoms with E-state index in [0.29, 0.717) is 24.7 Å². The van der Waals surface area contributed by atoms with Crippen molar-refractivity contribution in [1.29, 1.82) is 0 Å². The summed E-state index contributed by atoms with van der Waals surface area (Å²) in [6.45, 7) is 0.481. The normalized spacial score (nSPS) is 23.1. The van der Waals surface area contributed by atoms with Crippen molar-refractivity contribution in [3.63, 3.8) is 0 Å². The lowest BCUT2D eigenvalue weighted by atomic mass is 10.2. The molecule has 0 saturated carbocycles. The average molecular weight is 253 g/mol. The first-order chi connectivity index (χ1) is 8.65. The molecule has 1 aromatic heterocycles. The largest absolute Gasteiger partial charge is 0.480 e. The summed E-state index contributed by atoms with van der Waals surface area (Å²) < 4.78 is 10.2. The molecule has 0 radical (unpaired) electrons. The van der Waals surface area contributed by atoms with Crippen LogP contribution in [-0.2, 0) is 9.53 Å². The fourth-order valence-corrected chi connectivity index (χ4v) is 2.03. The second kappa shape index (κ2) is 5.18. The molecule has 7 nitrogen and oxygen atoms in total. The van der Waals surface area contributed by atoms with Crippen molar-refractivity contribution in [2.24, 2.45) is 0 Å². The third-order valence-corrected chi connectivity index (χ3v) is 2.98. The Morgan fingerprint density at radius 3 is 2.89 bits per heavy atom. The zero-order chi connectivity index (χ0) is 13.1. The Hall–Kier alpha value is -1.89. The van der Waals surface area contributed by atoms with Crippen LogP contribution in [0.4, 0.5) is 5.82 Å². The van der Waals surface area contributed by atoms with E-state index >= 15 is 0 Å². The number of nitrogens with zero attached hydrogens (tertiary/aromatic N) is 3. The highest BCUT2D eigenvalue weighted by molar-refractivity contribution is 5.78. The molecule has 0 aromatic carbocycles. The molecule has 2 atom stereocenters. The molecule has 2 unspecified atom stereocenters. The summed E-state index contributed by atoms with van der Waals surface area (Å²) in [5.41, 5.74) is 0. The monoisotopic (exact) mass is 253 g/mol. The van der Waals surface area contributed by atoms with Crippen LogP contribution in [-0.4, -0.2) is 54.0 Å². The molecular weight excluding hydrogens is 238 g/mol. The predicted octanol–water partition coefficient (Wildman–Crippen LogP) is 0.163. The topological polar surface area (TPSA) is 84.8 Å².